The van der Waals surface area contributed by atoms with Gasteiger partial charge in [0.25, 0.3) is 11.8 Å². The fourth-order valence-electron chi connectivity index (χ4n) is 3.13. The minimum absolute atomic E-state index is 0.0470. The van der Waals surface area contributed by atoms with Crippen LogP contribution in [0.4, 0.5) is 0 Å². The van der Waals surface area contributed by atoms with Gasteiger partial charge < -0.3 is 10.6 Å². The van der Waals surface area contributed by atoms with Crippen LogP contribution >= 0.6 is 0 Å². The number of carbonyl (C=O) groups excluding carboxylic acids is 3. The molecule has 0 radical (unpaired) electrons. The van der Waals surface area contributed by atoms with Crippen LogP contribution in [0.25, 0.3) is 12.2 Å². The van der Waals surface area contributed by atoms with Gasteiger partial charge in [-0.3, -0.25) is 14.4 Å². The molecule has 0 spiro atoms. The summed E-state index contributed by atoms with van der Waals surface area (Å²) in [6.45, 7) is 0. The number of Topliss-reactive ketones (excluding diaryl/α,β-unsaturated/α-hetero) is 1. The smallest absolute Gasteiger partial charge is 0.251 e. The van der Waals surface area contributed by atoms with Gasteiger partial charge in [-0.25, -0.2) is 0 Å². The first-order chi connectivity index (χ1) is 13.5. The normalized spacial score (nSPS) is 16.4. The molecular weight excluding hydrogens is 352 g/mol. The number of hydrogen-bond acceptors (Lipinski definition) is 3. The third-order valence-corrected chi connectivity index (χ3v) is 4.73. The van der Waals surface area contributed by atoms with E-state index >= 15 is 0 Å². The van der Waals surface area contributed by atoms with E-state index in [4.69, 9.17) is 0 Å². The summed E-state index contributed by atoms with van der Waals surface area (Å²) >= 11 is 0. The van der Waals surface area contributed by atoms with Crippen molar-refractivity contribution in [1.29, 1.82) is 0 Å². The predicted octanol–water partition coefficient (Wildman–Crippen LogP) is 3.24. The Hall–Kier alpha value is -3.47. The van der Waals surface area contributed by atoms with Gasteiger partial charge >= 0.3 is 0 Å². The average molecular weight is 374 g/mol. The maximum absolute atomic E-state index is 12.7. The van der Waals surface area contributed by atoms with Crippen molar-refractivity contribution in [3.05, 3.63) is 81.9 Å². The van der Waals surface area contributed by atoms with E-state index in [2.05, 4.69) is 10.6 Å². The van der Waals surface area contributed by atoms with E-state index in [-0.39, 0.29) is 17.6 Å². The summed E-state index contributed by atoms with van der Waals surface area (Å²) in [5.41, 5.74) is 4.49. The minimum Gasteiger partial charge on any atom is -0.355 e. The second kappa shape index (κ2) is 8.48. The summed E-state index contributed by atoms with van der Waals surface area (Å²) in [4.78, 5) is 35.9. The van der Waals surface area contributed by atoms with Crippen LogP contribution in [0.15, 0.2) is 59.7 Å². The minimum atomic E-state index is -0.135. The maximum Gasteiger partial charge on any atom is 0.251 e. The third-order valence-electron chi connectivity index (χ3n) is 4.73. The van der Waals surface area contributed by atoms with Crippen molar-refractivity contribution in [3.8, 4) is 0 Å². The number of carbonyl (C=O) groups is 3. The van der Waals surface area contributed by atoms with E-state index in [9.17, 15) is 14.4 Å². The van der Waals surface area contributed by atoms with Crippen molar-refractivity contribution >= 4 is 29.7 Å². The molecule has 0 aliphatic heterocycles. The zero-order chi connectivity index (χ0) is 20.1. The van der Waals surface area contributed by atoms with Crippen LogP contribution in [0.3, 0.4) is 0 Å². The van der Waals surface area contributed by atoms with Gasteiger partial charge in [0.2, 0.25) is 0 Å². The fraction of sp³-hybridized carbons (Fsp3) is 0.174. The molecule has 28 heavy (non-hydrogen) atoms. The van der Waals surface area contributed by atoms with Crippen molar-refractivity contribution in [2.75, 3.05) is 14.1 Å². The first-order valence-corrected chi connectivity index (χ1v) is 9.12. The van der Waals surface area contributed by atoms with Gasteiger partial charge in [-0.2, -0.15) is 0 Å². The lowest BCUT2D eigenvalue weighted by Gasteiger charge is -2.02. The van der Waals surface area contributed by atoms with Gasteiger partial charge in [0.15, 0.2) is 5.78 Å². The molecule has 0 bridgehead atoms. The Kier molecular flexibility index (Phi) is 5.84. The van der Waals surface area contributed by atoms with E-state index in [0.29, 0.717) is 24.0 Å². The van der Waals surface area contributed by atoms with Crippen LogP contribution in [0, 0.1) is 0 Å². The average Bonchev–Trinajstić information content (AvgIpc) is 3.07. The van der Waals surface area contributed by atoms with Crippen molar-refractivity contribution in [1.82, 2.24) is 10.6 Å². The Labute approximate surface area is 164 Å². The first-order valence-electron chi connectivity index (χ1n) is 9.12. The Bertz CT molecular complexity index is 888. The van der Waals surface area contributed by atoms with Gasteiger partial charge in [0.1, 0.15) is 0 Å². The summed E-state index contributed by atoms with van der Waals surface area (Å²) in [5, 5.41) is 5.17. The molecule has 1 fully saturated rings. The highest BCUT2D eigenvalue weighted by Crippen LogP contribution is 2.29. The molecule has 0 unspecified atom stereocenters. The van der Waals surface area contributed by atoms with Gasteiger partial charge in [0.05, 0.1) is 0 Å². The van der Waals surface area contributed by atoms with Gasteiger partial charge in [-0.1, -0.05) is 24.3 Å². The summed E-state index contributed by atoms with van der Waals surface area (Å²) < 4.78 is 0. The lowest BCUT2D eigenvalue weighted by atomic mass is 10.0. The zero-order valence-electron chi connectivity index (χ0n) is 15.9. The van der Waals surface area contributed by atoms with Crippen molar-refractivity contribution in [2.24, 2.45) is 0 Å². The Morgan fingerprint density at radius 2 is 1.07 bits per heavy atom. The Morgan fingerprint density at radius 1 is 0.714 bits per heavy atom. The van der Waals surface area contributed by atoms with Crippen LogP contribution in [0.5, 0.6) is 0 Å². The maximum atomic E-state index is 12.7. The zero-order valence-corrected chi connectivity index (χ0v) is 15.9. The van der Waals surface area contributed by atoms with Crippen molar-refractivity contribution in [2.45, 2.75) is 12.8 Å². The molecule has 0 atom stereocenters. The number of hydrogen-bond donors (Lipinski definition) is 2. The van der Waals surface area contributed by atoms with Gasteiger partial charge in [-0.05, 0) is 60.4 Å². The van der Waals surface area contributed by atoms with Crippen LogP contribution in [0.2, 0.25) is 0 Å². The molecule has 2 N–H and O–H groups in total. The molecule has 3 rings (SSSR count). The largest absolute Gasteiger partial charge is 0.355 e. The van der Waals surface area contributed by atoms with E-state index in [0.717, 1.165) is 22.3 Å². The highest BCUT2D eigenvalue weighted by Gasteiger charge is 2.23. The van der Waals surface area contributed by atoms with Crippen LogP contribution < -0.4 is 10.6 Å². The lowest BCUT2D eigenvalue weighted by molar-refractivity contribution is -0.111. The van der Waals surface area contributed by atoms with Gasteiger partial charge in [0, 0.05) is 36.4 Å². The molecule has 2 amide bonds. The summed E-state index contributed by atoms with van der Waals surface area (Å²) in [7, 11) is 3.19. The van der Waals surface area contributed by atoms with Crippen LogP contribution in [0.1, 0.15) is 44.7 Å². The predicted molar refractivity (Wildman–Crippen MR) is 110 cm³/mol. The van der Waals surface area contributed by atoms with E-state index in [1.54, 1.807) is 38.4 Å². The molecular formula is C23H22N2O3. The summed E-state index contributed by atoms with van der Waals surface area (Å²) in [6.07, 6.45) is 5.15. The number of nitrogens with one attached hydrogen (secondary N) is 2. The molecule has 142 valence electrons. The number of ketones is 1. The van der Waals surface area contributed by atoms with E-state index < -0.39 is 0 Å². The van der Waals surface area contributed by atoms with Crippen LogP contribution in [-0.2, 0) is 4.79 Å². The molecule has 2 aromatic rings. The fourth-order valence-corrected chi connectivity index (χ4v) is 3.13. The second-order valence-electron chi connectivity index (χ2n) is 6.57. The van der Waals surface area contributed by atoms with Crippen molar-refractivity contribution < 1.29 is 14.4 Å². The standard InChI is InChI=1S/C23H22N2O3/c1-24-22(27)17-7-3-15(4-8-17)13-19-11-12-20(21(19)26)14-16-5-9-18(10-6-16)23(28)25-2/h3-10,13-14H,11-12H2,1-2H3,(H,24,27)(H,25,28)/b19-13-,20-14+. The molecule has 5 heteroatoms. The SMILES string of the molecule is CNC(=O)c1ccc(/C=C2/CC/C(=C\c3ccc(C(=O)NC)cc3)C2=O)cc1. The van der Waals surface area contributed by atoms with Crippen LogP contribution in [-0.4, -0.2) is 31.7 Å². The highest BCUT2D eigenvalue weighted by atomic mass is 16.2. The molecule has 0 saturated heterocycles. The number of amides is 2. The number of benzene rings is 2. The molecule has 0 aromatic heterocycles. The highest BCUT2D eigenvalue weighted by molar-refractivity contribution is 6.15. The second-order valence-corrected chi connectivity index (χ2v) is 6.57. The molecule has 1 aliphatic carbocycles. The van der Waals surface area contributed by atoms with Crippen molar-refractivity contribution in [3.63, 3.8) is 0 Å². The number of rotatable bonds is 4. The molecule has 1 saturated carbocycles. The van der Waals surface area contributed by atoms with Gasteiger partial charge in [-0.15, -0.1) is 0 Å². The topological polar surface area (TPSA) is 75.3 Å². The van der Waals surface area contributed by atoms with E-state index in [1.165, 1.54) is 0 Å². The Balaban J connectivity index is 1.75. The summed E-state index contributed by atoms with van der Waals surface area (Å²) in [6, 6.07) is 14.3. The first kappa shape index (κ1) is 19.3. The third kappa shape index (κ3) is 4.26. The quantitative estimate of drug-likeness (QED) is 0.807. The molecule has 5 nitrogen and oxygen atoms in total. The monoisotopic (exact) mass is 374 g/mol. The molecule has 0 heterocycles. The molecule has 2 aromatic carbocycles. The number of allylic oxidation sites excluding steroid dienone is 2. The molecule has 1 aliphatic rings. The lowest BCUT2D eigenvalue weighted by Crippen LogP contribution is -2.17. The Morgan fingerprint density at radius 3 is 1.39 bits per heavy atom. The van der Waals surface area contributed by atoms with E-state index in [1.807, 2.05) is 36.4 Å². The summed E-state index contributed by atoms with van der Waals surface area (Å²) in [5.74, 6) is -0.224.